The van der Waals surface area contributed by atoms with Gasteiger partial charge in [0.25, 0.3) is 0 Å². The number of rotatable bonds is 3. The molecule has 0 spiro atoms. The number of phenols is 6. The molecule has 3 rings (SSSR count). The van der Waals surface area contributed by atoms with Crippen LogP contribution in [0.5, 0.6) is 34.5 Å². The van der Waals surface area contributed by atoms with Gasteiger partial charge in [-0.25, -0.2) is 0 Å². The molecule has 6 N–H and O–H groups in total. The molecule has 0 saturated carbocycles. The Kier molecular flexibility index (Phi) is 4.18. The van der Waals surface area contributed by atoms with Crippen molar-refractivity contribution in [3.05, 3.63) is 54.6 Å². The summed E-state index contributed by atoms with van der Waals surface area (Å²) in [6, 6.07) is 10.1. The third-order valence-electron chi connectivity index (χ3n) is 3.75. The number of benzene rings is 3. The van der Waals surface area contributed by atoms with Crippen LogP contribution in [0.25, 0.3) is 0 Å². The Morgan fingerprint density at radius 3 is 0.808 bits per heavy atom. The van der Waals surface area contributed by atoms with E-state index < -0.39 is 7.14 Å². The molecule has 0 fully saturated rings. The van der Waals surface area contributed by atoms with Gasteiger partial charge in [-0.2, -0.15) is 0 Å². The third-order valence-corrected chi connectivity index (χ3v) is 6.71. The van der Waals surface area contributed by atoms with E-state index in [1.165, 1.54) is 0 Å². The standard InChI is InChI=1S/C18H15O7P/c19-10-1-11(20)5-16(4-10)26(25,17-6-12(21)2-13(22)7-17)18-8-14(23)3-15(24)9-18/h1-9,19-24H. The van der Waals surface area contributed by atoms with Crippen LogP contribution in [0.15, 0.2) is 54.6 Å². The fraction of sp³-hybridized carbons (Fsp3) is 0. The molecule has 26 heavy (non-hydrogen) atoms. The largest absolute Gasteiger partial charge is 0.508 e. The first-order valence-corrected chi connectivity index (χ1v) is 9.10. The van der Waals surface area contributed by atoms with Crippen LogP contribution in [0.2, 0.25) is 0 Å². The topological polar surface area (TPSA) is 138 Å². The van der Waals surface area contributed by atoms with Gasteiger partial charge >= 0.3 is 0 Å². The van der Waals surface area contributed by atoms with Crippen molar-refractivity contribution in [2.45, 2.75) is 0 Å². The summed E-state index contributed by atoms with van der Waals surface area (Å²) in [4.78, 5) is 0. The van der Waals surface area contributed by atoms with Crippen LogP contribution in [0, 0.1) is 0 Å². The first-order chi connectivity index (χ1) is 12.2. The summed E-state index contributed by atoms with van der Waals surface area (Å²) >= 11 is 0. The highest BCUT2D eigenvalue weighted by Crippen LogP contribution is 2.46. The number of hydrogen-bond donors (Lipinski definition) is 6. The first kappa shape index (κ1) is 17.5. The number of hydrogen-bond acceptors (Lipinski definition) is 7. The fourth-order valence-electron chi connectivity index (χ4n) is 2.73. The van der Waals surface area contributed by atoms with Gasteiger partial charge in [0.2, 0.25) is 0 Å². The first-order valence-electron chi connectivity index (χ1n) is 7.39. The highest BCUT2D eigenvalue weighted by Gasteiger charge is 2.32. The highest BCUT2D eigenvalue weighted by molar-refractivity contribution is 7.85. The van der Waals surface area contributed by atoms with Crippen LogP contribution in [0.3, 0.4) is 0 Å². The second-order valence-corrected chi connectivity index (χ2v) is 8.50. The van der Waals surface area contributed by atoms with Crippen molar-refractivity contribution in [1.82, 2.24) is 0 Å². The van der Waals surface area contributed by atoms with E-state index >= 15 is 0 Å². The van der Waals surface area contributed by atoms with Gasteiger partial charge in [0.15, 0.2) is 7.14 Å². The summed E-state index contributed by atoms with van der Waals surface area (Å²) in [5.74, 6) is -2.12. The van der Waals surface area contributed by atoms with Crippen LogP contribution in [0.4, 0.5) is 0 Å². The molecule has 0 amide bonds. The van der Waals surface area contributed by atoms with Gasteiger partial charge in [0, 0.05) is 34.1 Å². The summed E-state index contributed by atoms with van der Waals surface area (Å²) < 4.78 is 14.1. The lowest BCUT2D eigenvalue weighted by atomic mass is 10.3. The zero-order valence-electron chi connectivity index (χ0n) is 13.2. The molecule has 0 aliphatic rings. The molecule has 3 aromatic carbocycles. The minimum atomic E-state index is -3.90. The van der Waals surface area contributed by atoms with Crippen molar-refractivity contribution in [2.24, 2.45) is 0 Å². The lowest BCUT2D eigenvalue weighted by Gasteiger charge is -2.21. The van der Waals surface area contributed by atoms with Gasteiger partial charge in [-0.15, -0.1) is 0 Å². The molecule has 134 valence electrons. The van der Waals surface area contributed by atoms with Gasteiger partial charge in [-0.3, -0.25) is 0 Å². The lowest BCUT2D eigenvalue weighted by molar-refractivity contribution is 0.450. The Bertz CT molecular complexity index is 853. The van der Waals surface area contributed by atoms with E-state index in [4.69, 9.17) is 0 Å². The zero-order chi connectivity index (χ0) is 19.1. The van der Waals surface area contributed by atoms with Gasteiger partial charge in [0.05, 0.1) is 0 Å². The molecule has 0 bridgehead atoms. The van der Waals surface area contributed by atoms with Crippen molar-refractivity contribution in [2.75, 3.05) is 0 Å². The Morgan fingerprint density at radius 1 is 0.423 bits per heavy atom. The molecule has 0 saturated heterocycles. The molecule has 7 nitrogen and oxygen atoms in total. The van der Waals surface area contributed by atoms with Crippen LogP contribution in [-0.2, 0) is 4.57 Å². The van der Waals surface area contributed by atoms with E-state index in [1.54, 1.807) is 0 Å². The Balaban J connectivity index is 2.40. The summed E-state index contributed by atoms with van der Waals surface area (Å²) in [5.41, 5.74) is 0. The van der Waals surface area contributed by atoms with Crippen LogP contribution in [-0.4, -0.2) is 30.6 Å². The normalized spacial score (nSPS) is 11.4. The number of aromatic hydroxyl groups is 6. The minimum Gasteiger partial charge on any atom is -0.508 e. The maximum absolute atomic E-state index is 14.1. The molecule has 8 heteroatoms. The molecule has 0 radical (unpaired) electrons. The summed E-state index contributed by atoms with van der Waals surface area (Å²) in [7, 11) is -3.90. The molecule has 0 aromatic heterocycles. The van der Waals surface area contributed by atoms with E-state index in [9.17, 15) is 35.2 Å². The average Bonchev–Trinajstić information content (AvgIpc) is 2.51. The summed E-state index contributed by atoms with van der Waals surface area (Å²) in [6.45, 7) is 0. The summed E-state index contributed by atoms with van der Waals surface area (Å²) in [5, 5.41) is 58.7. The summed E-state index contributed by atoms with van der Waals surface area (Å²) in [6.07, 6.45) is 0. The Hall–Kier alpha value is -3.31. The van der Waals surface area contributed by atoms with Crippen LogP contribution >= 0.6 is 7.14 Å². The van der Waals surface area contributed by atoms with Crippen molar-refractivity contribution in [3.63, 3.8) is 0 Å². The van der Waals surface area contributed by atoms with E-state index in [0.717, 1.165) is 54.6 Å². The molecule has 0 unspecified atom stereocenters. The van der Waals surface area contributed by atoms with E-state index in [2.05, 4.69) is 0 Å². The van der Waals surface area contributed by atoms with Crippen molar-refractivity contribution < 1.29 is 35.2 Å². The lowest BCUT2D eigenvalue weighted by Crippen LogP contribution is -2.25. The molecular formula is C18H15O7P. The molecule has 0 aliphatic carbocycles. The number of phenolic OH excluding ortho intramolecular Hbond substituents is 6. The van der Waals surface area contributed by atoms with Crippen LogP contribution < -0.4 is 15.9 Å². The van der Waals surface area contributed by atoms with Gasteiger partial charge in [-0.05, 0) is 36.4 Å². The second kappa shape index (κ2) is 6.20. The minimum absolute atomic E-state index is 0.0231. The zero-order valence-corrected chi connectivity index (χ0v) is 14.1. The van der Waals surface area contributed by atoms with Crippen molar-refractivity contribution in [1.29, 1.82) is 0 Å². The molecular weight excluding hydrogens is 359 g/mol. The quantitative estimate of drug-likeness (QED) is 0.383. The maximum Gasteiger partial charge on any atom is 0.171 e. The molecule has 0 heterocycles. The molecule has 0 atom stereocenters. The maximum atomic E-state index is 14.1. The van der Waals surface area contributed by atoms with Crippen molar-refractivity contribution in [3.8, 4) is 34.5 Å². The van der Waals surface area contributed by atoms with E-state index in [0.29, 0.717) is 0 Å². The third kappa shape index (κ3) is 3.12. The fourth-order valence-corrected chi connectivity index (χ4v) is 5.51. The SMILES string of the molecule is O=P(c1cc(O)cc(O)c1)(c1cc(O)cc(O)c1)c1cc(O)cc(O)c1. The van der Waals surface area contributed by atoms with Gasteiger partial charge in [0.1, 0.15) is 34.5 Å². The Morgan fingerprint density at radius 2 is 0.615 bits per heavy atom. The predicted octanol–water partition coefficient (Wildman–Crippen LogP) is 1.56. The monoisotopic (exact) mass is 374 g/mol. The van der Waals surface area contributed by atoms with Gasteiger partial charge < -0.3 is 35.2 Å². The van der Waals surface area contributed by atoms with Crippen LogP contribution in [0.1, 0.15) is 0 Å². The predicted molar refractivity (Wildman–Crippen MR) is 95.8 cm³/mol. The average molecular weight is 374 g/mol. The second-order valence-electron chi connectivity index (χ2n) is 5.73. The molecule has 0 aliphatic heterocycles. The van der Waals surface area contributed by atoms with Crippen molar-refractivity contribution >= 4 is 23.1 Å². The Labute approximate surface area is 148 Å². The highest BCUT2D eigenvalue weighted by atomic mass is 31.2. The smallest absolute Gasteiger partial charge is 0.171 e. The van der Waals surface area contributed by atoms with E-state index in [1.807, 2.05) is 0 Å². The molecule has 3 aromatic rings. The van der Waals surface area contributed by atoms with Gasteiger partial charge in [-0.1, -0.05) is 0 Å². The van der Waals surface area contributed by atoms with E-state index in [-0.39, 0.29) is 50.4 Å².